The summed E-state index contributed by atoms with van der Waals surface area (Å²) in [5.41, 5.74) is 0. The van der Waals surface area contributed by atoms with Gasteiger partial charge in [-0.1, -0.05) is 6.92 Å². The Kier molecular flexibility index (Phi) is 6.58. The molecule has 0 spiro atoms. The highest BCUT2D eigenvalue weighted by molar-refractivity contribution is 8.01. The summed E-state index contributed by atoms with van der Waals surface area (Å²) in [6, 6.07) is 0. The van der Waals surface area contributed by atoms with E-state index in [4.69, 9.17) is 0 Å². The van der Waals surface area contributed by atoms with Crippen molar-refractivity contribution < 1.29 is 16.8 Å². The molecule has 1 aliphatic heterocycles. The fourth-order valence-electron chi connectivity index (χ4n) is 1.91. The molecular weight excluding hydrogens is 308 g/mol. The molecule has 1 unspecified atom stereocenters. The number of sulfonamides is 1. The van der Waals surface area contributed by atoms with Crippen molar-refractivity contribution in [2.75, 3.05) is 43.1 Å². The highest BCUT2D eigenvalue weighted by atomic mass is 32.2. The van der Waals surface area contributed by atoms with E-state index < -0.39 is 25.2 Å². The summed E-state index contributed by atoms with van der Waals surface area (Å²) >= 11 is 1.50. The van der Waals surface area contributed by atoms with E-state index in [0.29, 0.717) is 24.5 Å². The van der Waals surface area contributed by atoms with Gasteiger partial charge in [0.1, 0.15) is 5.37 Å². The molecule has 1 atom stereocenters. The average Bonchev–Trinajstić information content (AvgIpc) is 2.39. The Hall–Kier alpha value is 0.170. The largest absolute Gasteiger partial charge is 0.320 e. The molecule has 0 aromatic heterocycles. The highest BCUT2D eigenvalue weighted by Gasteiger charge is 2.39. The Bertz CT molecular complexity index is 475. The van der Waals surface area contributed by atoms with Crippen LogP contribution in [0.1, 0.15) is 13.3 Å². The summed E-state index contributed by atoms with van der Waals surface area (Å²) in [6.45, 7) is 2.45. The van der Waals surface area contributed by atoms with E-state index in [1.807, 2.05) is 0 Å². The fraction of sp³-hybridized carbons (Fsp3) is 1.00. The number of sulfone groups is 1. The van der Waals surface area contributed by atoms with Crippen LogP contribution in [0, 0.1) is 0 Å². The third-order valence-corrected chi connectivity index (χ3v) is 8.42. The summed E-state index contributed by atoms with van der Waals surface area (Å²) < 4.78 is 49.7. The first-order valence-electron chi connectivity index (χ1n) is 6.28. The Morgan fingerprint density at radius 1 is 1.32 bits per heavy atom. The normalized spacial score (nSPS) is 22.5. The second-order valence-electron chi connectivity index (χ2n) is 4.36. The summed E-state index contributed by atoms with van der Waals surface area (Å²) in [4.78, 5) is 0. The third-order valence-electron chi connectivity index (χ3n) is 3.04. The van der Waals surface area contributed by atoms with Crippen LogP contribution in [0.4, 0.5) is 0 Å². The maximum absolute atomic E-state index is 12.3. The van der Waals surface area contributed by atoms with E-state index in [-0.39, 0.29) is 18.1 Å². The minimum absolute atomic E-state index is 0.00571. The van der Waals surface area contributed by atoms with Gasteiger partial charge in [-0.25, -0.2) is 16.8 Å². The number of nitrogens with zero attached hydrogens (tertiary/aromatic N) is 1. The molecule has 1 aliphatic rings. The lowest BCUT2D eigenvalue weighted by Gasteiger charge is -2.33. The molecule has 0 saturated carbocycles. The highest BCUT2D eigenvalue weighted by Crippen LogP contribution is 2.24. The number of nitrogens with one attached hydrogen (secondary N) is 1. The van der Waals surface area contributed by atoms with Gasteiger partial charge in [0.05, 0.1) is 5.75 Å². The SMILES string of the molecule is CCS(=O)(=O)C1CSCCN1S(=O)(=O)CCCNC. The van der Waals surface area contributed by atoms with E-state index in [1.54, 1.807) is 14.0 Å². The standard InChI is InChI=1S/C10H22N2O4S3/c1-3-18(13,14)10-9-17-7-6-12(10)19(15,16)8-4-5-11-2/h10-11H,3-9H2,1-2H3. The van der Waals surface area contributed by atoms with Gasteiger partial charge in [-0.05, 0) is 20.0 Å². The topological polar surface area (TPSA) is 83.6 Å². The van der Waals surface area contributed by atoms with Crippen molar-refractivity contribution >= 4 is 31.6 Å². The second kappa shape index (κ2) is 7.26. The third kappa shape index (κ3) is 4.59. The molecule has 6 nitrogen and oxygen atoms in total. The van der Waals surface area contributed by atoms with Crippen LogP contribution in [0.25, 0.3) is 0 Å². The zero-order valence-corrected chi connectivity index (χ0v) is 13.8. The van der Waals surface area contributed by atoms with Crippen LogP contribution in [0.5, 0.6) is 0 Å². The lowest BCUT2D eigenvalue weighted by molar-refractivity contribution is 0.403. The van der Waals surface area contributed by atoms with Gasteiger partial charge in [0, 0.05) is 23.8 Å². The zero-order chi connectivity index (χ0) is 14.5. The van der Waals surface area contributed by atoms with Crippen molar-refractivity contribution in [2.24, 2.45) is 0 Å². The lowest BCUT2D eigenvalue weighted by Crippen LogP contribution is -2.51. The summed E-state index contributed by atoms with van der Waals surface area (Å²) in [6.07, 6.45) is 0.487. The average molecular weight is 330 g/mol. The number of thioether (sulfide) groups is 1. The molecule has 19 heavy (non-hydrogen) atoms. The molecule has 0 radical (unpaired) electrons. The minimum atomic E-state index is -3.50. The van der Waals surface area contributed by atoms with Crippen molar-refractivity contribution in [1.29, 1.82) is 0 Å². The molecule has 1 rings (SSSR count). The molecule has 1 heterocycles. The quantitative estimate of drug-likeness (QED) is 0.647. The lowest BCUT2D eigenvalue weighted by atomic mass is 10.5. The number of hydrogen-bond donors (Lipinski definition) is 1. The first kappa shape index (κ1) is 17.2. The molecule has 114 valence electrons. The Morgan fingerprint density at radius 2 is 2.00 bits per heavy atom. The van der Waals surface area contributed by atoms with Crippen LogP contribution >= 0.6 is 11.8 Å². The van der Waals surface area contributed by atoms with Crippen molar-refractivity contribution in [3.8, 4) is 0 Å². The van der Waals surface area contributed by atoms with Gasteiger partial charge < -0.3 is 5.32 Å². The first-order valence-corrected chi connectivity index (χ1v) is 10.8. The molecule has 0 bridgehead atoms. The van der Waals surface area contributed by atoms with Gasteiger partial charge >= 0.3 is 0 Å². The first-order chi connectivity index (χ1) is 8.85. The molecule has 9 heteroatoms. The molecule has 1 fully saturated rings. The van der Waals surface area contributed by atoms with Crippen molar-refractivity contribution in [3.05, 3.63) is 0 Å². The fourth-order valence-corrected chi connectivity index (χ4v) is 7.29. The zero-order valence-electron chi connectivity index (χ0n) is 11.3. The Labute approximate surface area is 120 Å². The van der Waals surface area contributed by atoms with Crippen LogP contribution in [0.3, 0.4) is 0 Å². The molecule has 0 amide bonds. The summed E-state index contributed by atoms with van der Waals surface area (Å²) in [5.74, 6) is 0.956. The van der Waals surface area contributed by atoms with E-state index in [9.17, 15) is 16.8 Å². The monoisotopic (exact) mass is 330 g/mol. The van der Waals surface area contributed by atoms with E-state index in [1.165, 1.54) is 16.1 Å². The smallest absolute Gasteiger partial charge is 0.215 e. The Balaban J connectivity index is 2.88. The molecular formula is C10H22N2O4S3. The van der Waals surface area contributed by atoms with Crippen LogP contribution < -0.4 is 5.32 Å². The van der Waals surface area contributed by atoms with E-state index in [0.717, 1.165) is 0 Å². The van der Waals surface area contributed by atoms with Crippen molar-refractivity contribution in [2.45, 2.75) is 18.7 Å². The minimum Gasteiger partial charge on any atom is -0.320 e. The maximum atomic E-state index is 12.3. The van der Waals surface area contributed by atoms with Gasteiger partial charge in [-0.2, -0.15) is 16.1 Å². The van der Waals surface area contributed by atoms with E-state index >= 15 is 0 Å². The van der Waals surface area contributed by atoms with Gasteiger partial charge in [-0.15, -0.1) is 0 Å². The predicted molar refractivity (Wildman–Crippen MR) is 79.6 cm³/mol. The van der Waals surface area contributed by atoms with Crippen LogP contribution in [-0.2, 0) is 19.9 Å². The molecule has 1 N–H and O–H groups in total. The second-order valence-corrected chi connectivity index (χ2v) is 10.0. The van der Waals surface area contributed by atoms with Crippen molar-refractivity contribution in [3.63, 3.8) is 0 Å². The van der Waals surface area contributed by atoms with Crippen LogP contribution in [0.2, 0.25) is 0 Å². The van der Waals surface area contributed by atoms with Crippen LogP contribution in [0.15, 0.2) is 0 Å². The summed E-state index contributed by atoms with van der Waals surface area (Å²) in [5, 5.41) is 2.00. The molecule has 0 aromatic rings. The van der Waals surface area contributed by atoms with Gasteiger partial charge in [-0.3, -0.25) is 0 Å². The van der Waals surface area contributed by atoms with Gasteiger partial charge in [0.2, 0.25) is 10.0 Å². The molecule has 1 saturated heterocycles. The van der Waals surface area contributed by atoms with E-state index in [2.05, 4.69) is 5.32 Å². The maximum Gasteiger partial charge on any atom is 0.215 e. The van der Waals surface area contributed by atoms with Gasteiger partial charge in [0.15, 0.2) is 9.84 Å². The van der Waals surface area contributed by atoms with Crippen molar-refractivity contribution in [1.82, 2.24) is 9.62 Å². The molecule has 0 aromatic carbocycles. The van der Waals surface area contributed by atoms with Crippen LogP contribution in [-0.4, -0.2) is 69.7 Å². The van der Waals surface area contributed by atoms with Gasteiger partial charge in [0.25, 0.3) is 0 Å². The molecule has 0 aliphatic carbocycles. The Morgan fingerprint density at radius 3 is 2.58 bits per heavy atom. The number of rotatable bonds is 7. The predicted octanol–water partition coefficient (Wildman–Crippen LogP) is -0.265. The number of hydrogen-bond acceptors (Lipinski definition) is 6. The summed E-state index contributed by atoms with van der Waals surface area (Å²) in [7, 11) is -5.11.